The number of carbonyl (C=O) groups is 3. The molecule has 2 saturated heterocycles. The predicted molar refractivity (Wildman–Crippen MR) is 98.9 cm³/mol. The van der Waals surface area contributed by atoms with Crippen LogP contribution in [0.4, 0.5) is 10.5 Å². The number of hydrogen-bond donors (Lipinski definition) is 3. The van der Waals surface area contributed by atoms with Gasteiger partial charge in [0.15, 0.2) is 0 Å². The summed E-state index contributed by atoms with van der Waals surface area (Å²) in [5.41, 5.74) is 0.508. The number of nitrogens with zero attached hydrogens (tertiary/aromatic N) is 1. The second kappa shape index (κ2) is 7.53. The van der Waals surface area contributed by atoms with Crippen LogP contribution in [0.25, 0.3) is 0 Å². The fraction of sp³-hybridized carbons (Fsp3) is 0.500. The van der Waals surface area contributed by atoms with Gasteiger partial charge >= 0.3 is 6.03 Å². The Morgan fingerprint density at radius 3 is 2.77 bits per heavy atom. The summed E-state index contributed by atoms with van der Waals surface area (Å²) in [6.07, 6.45) is 1.01. The third kappa shape index (κ3) is 3.93. The number of halogens is 1. The highest BCUT2D eigenvalue weighted by Crippen LogP contribution is 2.25. The van der Waals surface area contributed by atoms with Gasteiger partial charge in [-0.1, -0.05) is 37.6 Å². The van der Waals surface area contributed by atoms with E-state index in [4.69, 9.17) is 11.6 Å². The maximum atomic E-state index is 12.6. The summed E-state index contributed by atoms with van der Waals surface area (Å²) in [4.78, 5) is 38.8. The van der Waals surface area contributed by atoms with Crippen molar-refractivity contribution in [3.05, 3.63) is 29.3 Å². The first-order chi connectivity index (χ1) is 12.3. The Morgan fingerprint density at radius 1 is 1.35 bits per heavy atom. The summed E-state index contributed by atoms with van der Waals surface area (Å²) >= 11 is 6.03. The molecule has 3 rings (SSSR count). The lowest BCUT2D eigenvalue weighted by Crippen LogP contribution is -2.61. The van der Waals surface area contributed by atoms with E-state index in [-0.39, 0.29) is 17.9 Å². The molecule has 0 spiro atoms. The molecule has 2 aliphatic heterocycles. The van der Waals surface area contributed by atoms with Crippen LogP contribution in [0.2, 0.25) is 5.02 Å². The Hall–Kier alpha value is -2.28. The molecule has 2 aliphatic rings. The lowest BCUT2D eigenvalue weighted by Gasteiger charge is -2.35. The van der Waals surface area contributed by atoms with E-state index in [1.807, 2.05) is 13.8 Å². The number of rotatable bonds is 4. The predicted octanol–water partition coefficient (Wildman–Crippen LogP) is 1.98. The van der Waals surface area contributed by atoms with E-state index in [9.17, 15) is 14.4 Å². The number of anilines is 1. The Kier molecular flexibility index (Phi) is 5.36. The second-order valence-corrected chi connectivity index (χ2v) is 7.62. The van der Waals surface area contributed by atoms with Gasteiger partial charge in [-0.05, 0) is 30.9 Å². The van der Waals surface area contributed by atoms with Crippen LogP contribution in [0.5, 0.6) is 0 Å². The summed E-state index contributed by atoms with van der Waals surface area (Å²) < 4.78 is 0. The van der Waals surface area contributed by atoms with Gasteiger partial charge in [0.05, 0.1) is 16.8 Å². The molecule has 1 aromatic rings. The largest absolute Gasteiger partial charge is 0.342 e. The van der Waals surface area contributed by atoms with Crippen LogP contribution in [0.3, 0.4) is 0 Å². The Bertz CT molecular complexity index is 724. The maximum absolute atomic E-state index is 12.6. The van der Waals surface area contributed by atoms with Gasteiger partial charge in [0.1, 0.15) is 12.1 Å². The van der Waals surface area contributed by atoms with E-state index >= 15 is 0 Å². The fourth-order valence-corrected chi connectivity index (χ4v) is 3.68. The summed E-state index contributed by atoms with van der Waals surface area (Å²) in [6.45, 7) is 4.36. The SMILES string of the molecule is CC(C)C[C@@H]1NC(=O)[C@@H]2C[C@H](NC(=O)Nc3ccccc3Cl)CN2C1=O. The topological polar surface area (TPSA) is 90.5 Å². The van der Waals surface area contributed by atoms with Gasteiger partial charge in [0.2, 0.25) is 11.8 Å². The average molecular weight is 379 g/mol. The lowest BCUT2D eigenvalue weighted by atomic mass is 9.99. The molecule has 0 unspecified atom stereocenters. The second-order valence-electron chi connectivity index (χ2n) is 7.21. The van der Waals surface area contributed by atoms with Crippen LogP contribution in [-0.2, 0) is 9.59 Å². The number of carbonyl (C=O) groups excluding carboxylic acids is 3. The number of benzene rings is 1. The molecule has 1 aromatic carbocycles. The van der Waals surface area contributed by atoms with Crippen molar-refractivity contribution in [1.29, 1.82) is 0 Å². The summed E-state index contributed by atoms with van der Waals surface area (Å²) in [7, 11) is 0. The number of nitrogens with one attached hydrogen (secondary N) is 3. The molecular formula is C18H23ClN4O3. The first-order valence-electron chi connectivity index (χ1n) is 8.78. The summed E-state index contributed by atoms with van der Waals surface area (Å²) in [5, 5.41) is 8.77. The molecule has 2 fully saturated rings. The van der Waals surface area contributed by atoms with Crippen molar-refractivity contribution in [2.45, 2.75) is 44.8 Å². The maximum Gasteiger partial charge on any atom is 0.319 e. The van der Waals surface area contributed by atoms with Gasteiger partial charge in [0.25, 0.3) is 0 Å². The Morgan fingerprint density at radius 2 is 2.08 bits per heavy atom. The molecule has 0 radical (unpaired) electrons. The minimum atomic E-state index is -0.517. The average Bonchev–Trinajstić information content (AvgIpc) is 2.98. The number of urea groups is 1. The van der Waals surface area contributed by atoms with Gasteiger partial charge in [0, 0.05) is 6.54 Å². The van der Waals surface area contributed by atoms with E-state index in [0.717, 1.165) is 0 Å². The molecule has 0 saturated carbocycles. The minimum Gasteiger partial charge on any atom is -0.342 e. The molecule has 7 nitrogen and oxygen atoms in total. The molecule has 0 bridgehead atoms. The van der Waals surface area contributed by atoms with Crippen LogP contribution in [0.1, 0.15) is 26.7 Å². The summed E-state index contributed by atoms with van der Waals surface area (Å²) in [6, 6.07) is 5.25. The zero-order chi connectivity index (χ0) is 18.8. The number of amides is 4. The van der Waals surface area contributed by atoms with Crippen LogP contribution in [0, 0.1) is 5.92 Å². The van der Waals surface area contributed by atoms with Crippen LogP contribution < -0.4 is 16.0 Å². The van der Waals surface area contributed by atoms with E-state index in [2.05, 4.69) is 16.0 Å². The fourth-order valence-electron chi connectivity index (χ4n) is 3.50. The first kappa shape index (κ1) is 18.5. The van der Waals surface area contributed by atoms with Crippen molar-refractivity contribution < 1.29 is 14.4 Å². The lowest BCUT2D eigenvalue weighted by molar-refractivity contribution is -0.147. The number of hydrogen-bond acceptors (Lipinski definition) is 3. The molecule has 3 atom stereocenters. The molecular weight excluding hydrogens is 356 g/mol. The van der Waals surface area contributed by atoms with Crippen molar-refractivity contribution in [1.82, 2.24) is 15.5 Å². The zero-order valence-corrected chi connectivity index (χ0v) is 15.5. The third-order valence-electron chi connectivity index (χ3n) is 4.67. The van der Waals surface area contributed by atoms with Crippen molar-refractivity contribution >= 4 is 35.1 Å². The van der Waals surface area contributed by atoms with Crippen molar-refractivity contribution in [3.8, 4) is 0 Å². The van der Waals surface area contributed by atoms with E-state index in [1.165, 1.54) is 0 Å². The standard InChI is InChI=1S/C18H23ClN4O3/c1-10(2)7-14-17(25)23-9-11(8-15(23)16(24)21-14)20-18(26)22-13-6-4-3-5-12(13)19/h3-6,10-11,14-15H,7-9H2,1-2H3,(H,21,24)(H2,20,22,26)/t11-,14-,15-/m0/s1. The molecule has 8 heteroatoms. The van der Waals surface area contributed by atoms with Crippen LogP contribution >= 0.6 is 11.6 Å². The Balaban J connectivity index is 1.61. The summed E-state index contributed by atoms with van der Waals surface area (Å²) in [5.74, 6) is 0.0869. The van der Waals surface area contributed by atoms with E-state index < -0.39 is 18.1 Å². The van der Waals surface area contributed by atoms with Gasteiger partial charge in [-0.2, -0.15) is 0 Å². The van der Waals surface area contributed by atoms with Gasteiger partial charge < -0.3 is 20.9 Å². The number of fused-ring (bicyclic) bond motifs is 1. The minimum absolute atomic E-state index is 0.0703. The highest BCUT2D eigenvalue weighted by molar-refractivity contribution is 6.33. The van der Waals surface area contributed by atoms with Crippen molar-refractivity contribution in [2.75, 3.05) is 11.9 Å². The van der Waals surface area contributed by atoms with Gasteiger partial charge in [-0.15, -0.1) is 0 Å². The monoisotopic (exact) mass is 378 g/mol. The number of piperazine rings is 1. The molecule has 0 aliphatic carbocycles. The highest BCUT2D eigenvalue weighted by atomic mass is 35.5. The molecule has 4 amide bonds. The third-order valence-corrected chi connectivity index (χ3v) is 5.00. The molecule has 3 N–H and O–H groups in total. The zero-order valence-electron chi connectivity index (χ0n) is 14.8. The van der Waals surface area contributed by atoms with Crippen LogP contribution in [-0.4, -0.2) is 47.4 Å². The quantitative estimate of drug-likeness (QED) is 0.748. The highest BCUT2D eigenvalue weighted by Gasteiger charge is 2.46. The number of para-hydroxylation sites is 1. The normalized spacial score (nSPS) is 25.1. The van der Waals surface area contributed by atoms with Crippen molar-refractivity contribution in [3.63, 3.8) is 0 Å². The molecule has 0 aromatic heterocycles. The van der Waals surface area contributed by atoms with Crippen LogP contribution in [0.15, 0.2) is 24.3 Å². The van der Waals surface area contributed by atoms with Gasteiger partial charge in [-0.3, -0.25) is 9.59 Å². The molecule has 140 valence electrons. The molecule has 26 heavy (non-hydrogen) atoms. The Labute approximate surface area is 157 Å². The van der Waals surface area contributed by atoms with Crippen molar-refractivity contribution in [2.24, 2.45) is 5.92 Å². The van der Waals surface area contributed by atoms with E-state index in [0.29, 0.717) is 36.0 Å². The smallest absolute Gasteiger partial charge is 0.319 e. The van der Waals surface area contributed by atoms with Gasteiger partial charge in [-0.25, -0.2) is 4.79 Å². The first-order valence-corrected chi connectivity index (χ1v) is 9.16. The van der Waals surface area contributed by atoms with E-state index in [1.54, 1.807) is 29.2 Å². The molecule has 2 heterocycles.